The molecule has 0 N–H and O–H groups in total. The minimum absolute atomic E-state index is 0.0540. The summed E-state index contributed by atoms with van der Waals surface area (Å²) in [4.78, 5) is 21.7. The largest absolute Gasteiger partial charge is 0.441 e. The molecule has 0 aliphatic carbocycles. The fourth-order valence-corrected chi connectivity index (χ4v) is 4.18. The number of likely N-dealkylation sites (N-methyl/N-ethyl adjacent to an activating group) is 1. The minimum atomic E-state index is -0.0540. The Bertz CT molecular complexity index is 939. The molecule has 0 saturated carbocycles. The molecule has 1 aromatic carbocycles. The van der Waals surface area contributed by atoms with Crippen molar-refractivity contribution in [1.29, 1.82) is 0 Å². The fraction of sp³-hybridized carbons (Fsp3) is 0.333. The standard InChI is InChI=1S/C21H23N3O2S/c1-14-6-7-16(12-15(14)2)22-21-23(3)20(25)18(27-21)13-17-8-9-19(26-17)24-10-4-5-11-24/h6-9,12-13H,4-5,10-11H2,1-3H3/b18-13+,22-21?. The van der Waals surface area contributed by atoms with Gasteiger partial charge < -0.3 is 9.32 Å². The summed E-state index contributed by atoms with van der Waals surface area (Å²) in [5.41, 5.74) is 3.28. The molecule has 3 heterocycles. The number of aliphatic imine (C=N–C) groups is 1. The Labute approximate surface area is 163 Å². The quantitative estimate of drug-likeness (QED) is 0.721. The molecule has 27 heavy (non-hydrogen) atoms. The number of hydrogen-bond acceptors (Lipinski definition) is 5. The Morgan fingerprint density at radius 3 is 2.63 bits per heavy atom. The van der Waals surface area contributed by atoms with Crippen molar-refractivity contribution in [3.05, 3.63) is 52.1 Å². The van der Waals surface area contributed by atoms with E-state index in [1.54, 1.807) is 11.9 Å². The number of carbonyl (C=O) groups excluding carboxylic acids is 1. The number of anilines is 1. The fourth-order valence-electron chi connectivity index (χ4n) is 3.21. The van der Waals surface area contributed by atoms with Gasteiger partial charge in [-0.3, -0.25) is 9.69 Å². The molecule has 0 atom stereocenters. The first-order valence-electron chi connectivity index (χ1n) is 9.19. The van der Waals surface area contributed by atoms with Crippen molar-refractivity contribution in [3.63, 3.8) is 0 Å². The summed E-state index contributed by atoms with van der Waals surface area (Å²) < 4.78 is 5.92. The second-order valence-corrected chi connectivity index (χ2v) is 8.02. The van der Waals surface area contributed by atoms with Crippen LogP contribution >= 0.6 is 11.8 Å². The summed E-state index contributed by atoms with van der Waals surface area (Å²) >= 11 is 1.38. The van der Waals surface area contributed by atoms with E-state index >= 15 is 0 Å². The van der Waals surface area contributed by atoms with Crippen LogP contribution in [0.2, 0.25) is 0 Å². The number of rotatable bonds is 3. The Hall–Kier alpha value is -2.47. The average Bonchev–Trinajstić information content (AvgIpc) is 3.37. The van der Waals surface area contributed by atoms with Crippen molar-refractivity contribution in [2.24, 2.45) is 4.99 Å². The lowest BCUT2D eigenvalue weighted by molar-refractivity contribution is -0.121. The summed E-state index contributed by atoms with van der Waals surface area (Å²) in [5, 5.41) is 0.681. The number of benzene rings is 1. The molecule has 2 fully saturated rings. The predicted molar refractivity (Wildman–Crippen MR) is 112 cm³/mol. The number of furan rings is 1. The third-order valence-corrected chi connectivity index (χ3v) is 6.08. The molecule has 2 aliphatic rings. The Balaban J connectivity index is 1.56. The molecule has 2 aliphatic heterocycles. The van der Waals surface area contributed by atoms with Crippen LogP contribution in [0.25, 0.3) is 6.08 Å². The number of amides is 1. The number of thioether (sulfide) groups is 1. The van der Waals surface area contributed by atoms with E-state index in [-0.39, 0.29) is 5.91 Å². The van der Waals surface area contributed by atoms with Crippen LogP contribution in [0.3, 0.4) is 0 Å². The summed E-state index contributed by atoms with van der Waals surface area (Å²) in [7, 11) is 1.76. The van der Waals surface area contributed by atoms with E-state index in [9.17, 15) is 4.79 Å². The number of amidine groups is 1. The van der Waals surface area contributed by atoms with Gasteiger partial charge in [-0.2, -0.15) is 0 Å². The van der Waals surface area contributed by atoms with Gasteiger partial charge in [0.2, 0.25) is 0 Å². The zero-order chi connectivity index (χ0) is 19.0. The smallest absolute Gasteiger partial charge is 0.266 e. The molecule has 140 valence electrons. The maximum absolute atomic E-state index is 12.6. The lowest BCUT2D eigenvalue weighted by atomic mass is 10.1. The highest BCUT2D eigenvalue weighted by atomic mass is 32.2. The van der Waals surface area contributed by atoms with Crippen molar-refractivity contribution in [2.75, 3.05) is 25.0 Å². The van der Waals surface area contributed by atoms with Gasteiger partial charge in [0.05, 0.1) is 10.6 Å². The highest BCUT2D eigenvalue weighted by Crippen LogP contribution is 2.34. The van der Waals surface area contributed by atoms with Gasteiger partial charge >= 0.3 is 0 Å². The van der Waals surface area contributed by atoms with Gasteiger partial charge in [0.1, 0.15) is 5.76 Å². The van der Waals surface area contributed by atoms with Crippen LogP contribution in [-0.4, -0.2) is 36.1 Å². The van der Waals surface area contributed by atoms with Crippen LogP contribution in [0.15, 0.2) is 44.6 Å². The first-order valence-corrected chi connectivity index (χ1v) is 10.0. The SMILES string of the molecule is Cc1ccc(N=C2S/C(=C/c3ccc(N4CCCC4)o3)C(=O)N2C)cc1C. The lowest BCUT2D eigenvalue weighted by Crippen LogP contribution is -2.23. The highest BCUT2D eigenvalue weighted by molar-refractivity contribution is 8.18. The number of aryl methyl sites for hydroxylation is 2. The number of carbonyl (C=O) groups is 1. The molecule has 1 amide bonds. The van der Waals surface area contributed by atoms with Gasteiger partial charge in [0.15, 0.2) is 11.1 Å². The topological polar surface area (TPSA) is 49.1 Å². The van der Waals surface area contributed by atoms with Gasteiger partial charge in [-0.15, -0.1) is 0 Å². The first-order chi connectivity index (χ1) is 13.0. The lowest BCUT2D eigenvalue weighted by Gasteiger charge is -2.12. The maximum atomic E-state index is 12.6. The molecule has 2 saturated heterocycles. The van der Waals surface area contributed by atoms with Crippen LogP contribution < -0.4 is 4.90 Å². The zero-order valence-electron chi connectivity index (χ0n) is 15.9. The first kappa shape index (κ1) is 17.9. The molecule has 2 aromatic rings. The summed E-state index contributed by atoms with van der Waals surface area (Å²) in [5.74, 6) is 1.53. The van der Waals surface area contributed by atoms with Crippen molar-refractivity contribution in [3.8, 4) is 0 Å². The van der Waals surface area contributed by atoms with Crippen molar-refractivity contribution >= 4 is 40.5 Å². The summed E-state index contributed by atoms with van der Waals surface area (Å²) in [6.07, 6.45) is 4.22. The summed E-state index contributed by atoms with van der Waals surface area (Å²) in [6, 6.07) is 9.97. The van der Waals surface area contributed by atoms with Crippen LogP contribution in [0.1, 0.15) is 29.7 Å². The highest BCUT2D eigenvalue weighted by Gasteiger charge is 2.30. The molecule has 6 heteroatoms. The second-order valence-electron chi connectivity index (χ2n) is 7.01. The van der Waals surface area contributed by atoms with Crippen LogP contribution in [0, 0.1) is 13.8 Å². The molecule has 1 aromatic heterocycles. The van der Waals surface area contributed by atoms with E-state index < -0.39 is 0 Å². The number of nitrogens with zero attached hydrogens (tertiary/aromatic N) is 3. The van der Waals surface area contributed by atoms with Crippen LogP contribution in [0.4, 0.5) is 11.6 Å². The molecule has 0 unspecified atom stereocenters. The van der Waals surface area contributed by atoms with Crippen molar-refractivity contribution in [2.45, 2.75) is 26.7 Å². The molecule has 0 radical (unpaired) electrons. The molecule has 0 bridgehead atoms. The van der Waals surface area contributed by atoms with E-state index in [2.05, 4.69) is 29.8 Å². The van der Waals surface area contributed by atoms with Gasteiger partial charge in [-0.1, -0.05) is 6.07 Å². The zero-order valence-corrected chi connectivity index (χ0v) is 16.7. The Morgan fingerprint density at radius 1 is 1.11 bits per heavy atom. The van der Waals surface area contributed by atoms with Crippen molar-refractivity contribution < 1.29 is 9.21 Å². The molecular formula is C21H23N3O2S. The molecular weight excluding hydrogens is 358 g/mol. The molecule has 5 nitrogen and oxygen atoms in total. The van der Waals surface area contributed by atoms with Gasteiger partial charge in [-0.25, -0.2) is 4.99 Å². The molecule has 4 rings (SSSR count). The normalized spacial score (nSPS) is 20.5. The van der Waals surface area contributed by atoms with E-state index in [4.69, 9.17) is 4.42 Å². The van der Waals surface area contributed by atoms with Gasteiger partial charge in [-0.05, 0) is 67.8 Å². The summed E-state index contributed by atoms with van der Waals surface area (Å²) in [6.45, 7) is 6.21. The molecule has 0 spiro atoms. The Morgan fingerprint density at radius 2 is 1.89 bits per heavy atom. The van der Waals surface area contributed by atoms with Crippen LogP contribution in [0.5, 0.6) is 0 Å². The van der Waals surface area contributed by atoms with Crippen molar-refractivity contribution in [1.82, 2.24) is 4.90 Å². The van der Waals surface area contributed by atoms with Gasteiger partial charge in [0.25, 0.3) is 5.91 Å². The van der Waals surface area contributed by atoms with Gasteiger partial charge in [0, 0.05) is 32.3 Å². The van der Waals surface area contributed by atoms with Crippen LogP contribution in [-0.2, 0) is 4.79 Å². The second kappa shape index (κ2) is 7.27. The minimum Gasteiger partial charge on any atom is -0.441 e. The average molecular weight is 382 g/mol. The van der Waals surface area contributed by atoms with E-state index in [0.29, 0.717) is 15.8 Å². The predicted octanol–water partition coefficient (Wildman–Crippen LogP) is 4.73. The third-order valence-electron chi connectivity index (χ3n) is 5.02. The third kappa shape index (κ3) is 3.67. The maximum Gasteiger partial charge on any atom is 0.266 e. The monoisotopic (exact) mass is 381 g/mol. The van der Waals surface area contributed by atoms with E-state index in [1.807, 2.05) is 30.3 Å². The van der Waals surface area contributed by atoms with E-state index in [1.165, 1.54) is 35.7 Å². The Kier molecular flexibility index (Phi) is 4.83. The van der Waals surface area contributed by atoms with E-state index in [0.717, 1.165) is 24.7 Å². The number of hydrogen-bond donors (Lipinski definition) is 0.